The van der Waals surface area contributed by atoms with Crippen molar-refractivity contribution in [3.05, 3.63) is 35.9 Å². The van der Waals surface area contributed by atoms with Gasteiger partial charge in [0.25, 0.3) is 0 Å². The Morgan fingerprint density at radius 1 is 1.00 bits per heavy atom. The van der Waals surface area contributed by atoms with Gasteiger partial charge in [-0.05, 0) is 25.1 Å². The maximum atomic E-state index is 13.1. The van der Waals surface area contributed by atoms with Gasteiger partial charge in [0.2, 0.25) is 0 Å². The van der Waals surface area contributed by atoms with Gasteiger partial charge in [0.05, 0.1) is 0 Å². The van der Waals surface area contributed by atoms with Crippen LogP contribution in [0.3, 0.4) is 0 Å². The first kappa shape index (κ1) is 13.0. The summed E-state index contributed by atoms with van der Waals surface area (Å²) in [6.45, 7) is 1.32. The zero-order valence-electron chi connectivity index (χ0n) is 8.93. The molecule has 1 nitrogen and oxygen atoms in total. The number of rotatable bonds is 1. The van der Waals surface area contributed by atoms with Crippen LogP contribution in [0.4, 0.5) is 23.8 Å². The van der Waals surface area contributed by atoms with E-state index in [1.807, 2.05) is 0 Å². The van der Waals surface area contributed by atoms with Crippen molar-refractivity contribution >= 4 is 21.0 Å². The normalized spacial score (nSPS) is 16.4. The molecule has 0 aliphatic carbocycles. The Bertz CT molecular complexity index is 649. The van der Waals surface area contributed by atoms with Gasteiger partial charge in [0.15, 0.2) is 0 Å². The second-order valence-electron chi connectivity index (χ2n) is 3.86. The standard InChI is InChI=1S/C10H7F6NS/c1-6-9-4-7(11)5-10(8(9)2-3-17-6)18(12,13,14,15)16/h2-5H,1H3. The van der Waals surface area contributed by atoms with Crippen LogP contribution in [0.15, 0.2) is 29.3 Å². The van der Waals surface area contributed by atoms with E-state index >= 15 is 0 Å². The summed E-state index contributed by atoms with van der Waals surface area (Å²) >= 11 is 0. The van der Waals surface area contributed by atoms with Gasteiger partial charge in [-0.2, -0.15) is 0 Å². The van der Waals surface area contributed by atoms with Crippen LogP contribution in [0, 0.1) is 12.7 Å². The molecular formula is C10H7F6NS. The fourth-order valence-corrected chi connectivity index (χ4v) is 2.61. The van der Waals surface area contributed by atoms with E-state index in [-0.39, 0.29) is 17.1 Å². The second-order valence-corrected chi connectivity index (χ2v) is 6.24. The van der Waals surface area contributed by atoms with Gasteiger partial charge in [0, 0.05) is 22.7 Å². The molecule has 0 aliphatic heterocycles. The maximum absolute atomic E-state index is 13.1. The summed E-state index contributed by atoms with van der Waals surface area (Å²) in [6, 6.07) is 1.38. The van der Waals surface area contributed by atoms with Crippen LogP contribution in [0.25, 0.3) is 10.8 Å². The monoisotopic (exact) mass is 287 g/mol. The number of nitrogens with zero attached hydrogens (tertiary/aromatic N) is 1. The predicted octanol–water partition coefficient (Wildman–Crippen LogP) is 5.34. The van der Waals surface area contributed by atoms with E-state index in [4.69, 9.17) is 0 Å². The maximum Gasteiger partial charge on any atom is 0.311 e. The fraction of sp³-hybridized carbons (Fsp3) is 0.100. The van der Waals surface area contributed by atoms with Crippen molar-refractivity contribution in [2.24, 2.45) is 0 Å². The average molecular weight is 287 g/mol. The minimum absolute atomic E-state index is 0.0510. The lowest BCUT2D eigenvalue weighted by Crippen LogP contribution is -2.07. The van der Waals surface area contributed by atoms with Crippen molar-refractivity contribution in [1.29, 1.82) is 0 Å². The Kier molecular flexibility index (Phi) is 2.12. The Balaban J connectivity index is 3.03. The molecule has 0 N–H and O–H groups in total. The highest BCUT2D eigenvalue weighted by atomic mass is 32.5. The van der Waals surface area contributed by atoms with Gasteiger partial charge in [-0.25, -0.2) is 4.39 Å². The van der Waals surface area contributed by atoms with Crippen molar-refractivity contribution in [2.45, 2.75) is 11.8 Å². The van der Waals surface area contributed by atoms with Crippen molar-refractivity contribution in [3.8, 4) is 0 Å². The average Bonchev–Trinajstić information content (AvgIpc) is 2.15. The first-order valence-electron chi connectivity index (χ1n) is 4.67. The second kappa shape index (κ2) is 2.93. The summed E-state index contributed by atoms with van der Waals surface area (Å²) in [6.07, 6.45) is 0.975. The molecule has 18 heavy (non-hydrogen) atoms. The summed E-state index contributed by atoms with van der Waals surface area (Å²) in [7, 11) is -9.93. The van der Waals surface area contributed by atoms with Crippen molar-refractivity contribution in [3.63, 3.8) is 0 Å². The lowest BCUT2D eigenvalue weighted by Gasteiger charge is -2.41. The molecule has 1 aromatic carbocycles. The third-order valence-electron chi connectivity index (χ3n) is 2.42. The Morgan fingerprint density at radius 2 is 1.61 bits per heavy atom. The zero-order valence-corrected chi connectivity index (χ0v) is 9.75. The molecule has 0 fully saturated rings. The number of aryl methyl sites for hydroxylation is 1. The number of pyridine rings is 1. The lowest BCUT2D eigenvalue weighted by molar-refractivity contribution is 0.364. The fourth-order valence-electron chi connectivity index (χ4n) is 1.68. The van der Waals surface area contributed by atoms with Crippen LogP contribution in [0.1, 0.15) is 5.69 Å². The quantitative estimate of drug-likeness (QED) is 0.645. The van der Waals surface area contributed by atoms with E-state index in [1.54, 1.807) is 0 Å². The van der Waals surface area contributed by atoms with Crippen molar-refractivity contribution in [1.82, 2.24) is 4.98 Å². The van der Waals surface area contributed by atoms with Crippen LogP contribution in [-0.4, -0.2) is 4.98 Å². The number of fused-ring (bicyclic) bond motifs is 1. The summed E-state index contributed by atoms with van der Waals surface area (Å²) < 4.78 is 77.1. The highest BCUT2D eigenvalue weighted by Crippen LogP contribution is 3.02. The number of hydrogen-bond donors (Lipinski definition) is 0. The lowest BCUT2D eigenvalue weighted by atomic mass is 10.1. The molecule has 2 rings (SSSR count). The number of halogens is 6. The molecule has 0 saturated carbocycles. The molecule has 0 aliphatic rings. The van der Waals surface area contributed by atoms with Gasteiger partial charge in [-0.3, -0.25) is 4.98 Å². The molecule has 0 atom stereocenters. The highest BCUT2D eigenvalue weighted by molar-refractivity contribution is 8.46. The molecule has 0 radical (unpaired) electrons. The molecule has 2 aromatic rings. The van der Waals surface area contributed by atoms with E-state index in [9.17, 15) is 23.8 Å². The van der Waals surface area contributed by atoms with Crippen LogP contribution >= 0.6 is 10.2 Å². The summed E-state index contributed by atoms with van der Waals surface area (Å²) in [5.41, 5.74) is 0.0510. The molecule has 0 amide bonds. The summed E-state index contributed by atoms with van der Waals surface area (Å²) in [5.74, 6) is -1.37. The van der Waals surface area contributed by atoms with E-state index in [0.29, 0.717) is 0 Å². The highest BCUT2D eigenvalue weighted by Gasteiger charge is 2.66. The molecule has 0 spiro atoms. The number of aromatic nitrogens is 1. The minimum Gasteiger partial charge on any atom is -0.261 e. The Hall–Kier alpha value is -1.44. The van der Waals surface area contributed by atoms with Gasteiger partial charge < -0.3 is 0 Å². The number of hydrogen-bond acceptors (Lipinski definition) is 1. The molecular weight excluding hydrogens is 280 g/mol. The third kappa shape index (κ3) is 2.24. The van der Waals surface area contributed by atoms with Crippen LogP contribution in [-0.2, 0) is 0 Å². The topological polar surface area (TPSA) is 12.9 Å². The summed E-state index contributed by atoms with van der Waals surface area (Å²) in [5, 5.41) is -1.02. The Morgan fingerprint density at radius 3 is 2.17 bits per heavy atom. The van der Waals surface area contributed by atoms with E-state index in [2.05, 4.69) is 4.98 Å². The van der Waals surface area contributed by atoms with E-state index < -0.39 is 26.3 Å². The zero-order chi connectivity index (χ0) is 13.8. The van der Waals surface area contributed by atoms with Crippen LogP contribution in [0.2, 0.25) is 0 Å². The molecule has 0 bridgehead atoms. The smallest absolute Gasteiger partial charge is 0.261 e. The first-order valence-corrected chi connectivity index (χ1v) is 6.62. The first-order chi connectivity index (χ1) is 7.88. The van der Waals surface area contributed by atoms with E-state index in [0.717, 1.165) is 18.3 Å². The molecule has 100 valence electrons. The molecule has 0 saturated heterocycles. The van der Waals surface area contributed by atoms with Gasteiger partial charge in [-0.15, -0.1) is 0 Å². The SMILES string of the molecule is Cc1nccc2c(S(F)(F)(F)(F)F)cc(F)cc12. The van der Waals surface area contributed by atoms with Gasteiger partial charge in [-0.1, -0.05) is 19.4 Å². The van der Waals surface area contributed by atoms with Crippen LogP contribution < -0.4 is 0 Å². The molecule has 0 unspecified atom stereocenters. The largest absolute Gasteiger partial charge is 0.311 e. The van der Waals surface area contributed by atoms with E-state index in [1.165, 1.54) is 6.92 Å². The molecule has 8 heteroatoms. The van der Waals surface area contributed by atoms with Gasteiger partial charge >= 0.3 is 10.2 Å². The Labute approximate surface area is 98.2 Å². The van der Waals surface area contributed by atoms with Crippen LogP contribution in [0.5, 0.6) is 0 Å². The predicted molar refractivity (Wildman–Crippen MR) is 57.8 cm³/mol. The third-order valence-corrected chi connectivity index (χ3v) is 3.59. The summed E-state index contributed by atoms with van der Waals surface area (Å²) in [4.78, 5) is 1.44. The minimum atomic E-state index is -9.93. The number of benzene rings is 1. The van der Waals surface area contributed by atoms with Crippen molar-refractivity contribution in [2.75, 3.05) is 0 Å². The van der Waals surface area contributed by atoms with Gasteiger partial charge in [0.1, 0.15) is 10.7 Å². The molecule has 1 heterocycles. The molecule has 1 aromatic heterocycles. The van der Waals surface area contributed by atoms with Crippen molar-refractivity contribution < 1.29 is 23.8 Å².